The van der Waals surface area contributed by atoms with Crippen LogP contribution in [0.4, 0.5) is 10.5 Å². The Labute approximate surface area is 125 Å². The Morgan fingerprint density at radius 3 is 2.52 bits per heavy atom. The van der Waals surface area contributed by atoms with E-state index in [1.54, 1.807) is 19.1 Å². The number of aliphatic hydroxyl groups excluding tert-OH is 2. The SMILES string of the molecule is CC(O)c1ccc(NC(=O)N(CCCO)C2CCC2)cc1. The standard InChI is InChI=1S/C16H24N2O3/c1-12(20)13-6-8-14(9-7-13)17-16(21)18(10-3-11-19)15-4-2-5-15/h6-9,12,15,19-20H,2-5,10-11H2,1H3,(H,17,21). The van der Waals surface area contributed by atoms with Gasteiger partial charge in [0.1, 0.15) is 0 Å². The van der Waals surface area contributed by atoms with Crippen LogP contribution in [0.3, 0.4) is 0 Å². The second-order valence-corrected chi connectivity index (χ2v) is 5.58. The molecule has 0 aromatic heterocycles. The molecule has 0 saturated heterocycles. The smallest absolute Gasteiger partial charge is 0.322 e. The summed E-state index contributed by atoms with van der Waals surface area (Å²) in [6.07, 6.45) is 3.34. The minimum absolute atomic E-state index is 0.0968. The van der Waals surface area contributed by atoms with Crippen molar-refractivity contribution in [2.24, 2.45) is 0 Å². The second-order valence-electron chi connectivity index (χ2n) is 5.58. The first-order chi connectivity index (χ1) is 10.1. The first-order valence-electron chi connectivity index (χ1n) is 7.58. The number of amides is 2. The van der Waals surface area contributed by atoms with Crippen LogP contribution in [0.15, 0.2) is 24.3 Å². The zero-order valence-corrected chi connectivity index (χ0v) is 12.5. The highest BCUT2D eigenvalue weighted by Crippen LogP contribution is 2.26. The summed E-state index contributed by atoms with van der Waals surface area (Å²) in [7, 11) is 0. The van der Waals surface area contributed by atoms with Crippen LogP contribution in [0.25, 0.3) is 0 Å². The van der Waals surface area contributed by atoms with Gasteiger partial charge in [-0.3, -0.25) is 0 Å². The van der Waals surface area contributed by atoms with Crippen molar-refractivity contribution in [1.29, 1.82) is 0 Å². The van der Waals surface area contributed by atoms with E-state index in [0.29, 0.717) is 19.0 Å². The topological polar surface area (TPSA) is 72.8 Å². The lowest BCUT2D eigenvalue weighted by atomic mass is 9.91. The molecule has 1 aromatic rings. The maximum Gasteiger partial charge on any atom is 0.322 e. The van der Waals surface area contributed by atoms with E-state index < -0.39 is 6.10 Å². The maximum absolute atomic E-state index is 12.4. The Morgan fingerprint density at radius 1 is 1.38 bits per heavy atom. The summed E-state index contributed by atoms with van der Waals surface area (Å²) >= 11 is 0. The van der Waals surface area contributed by atoms with Crippen molar-refractivity contribution in [2.75, 3.05) is 18.5 Å². The number of nitrogens with zero attached hydrogens (tertiary/aromatic N) is 1. The minimum atomic E-state index is -0.509. The van der Waals surface area contributed by atoms with Gasteiger partial charge in [0.25, 0.3) is 0 Å². The molecule has 1 aliphatic rings. The third-order valence-electron chi connectivity index (χ3n) is 3.98. The molecule has 2 amide bonds. The van der Waals surface area contributed by atoms with Gasteiger partial charge < -0.3 is 20.4 Å². The van der Waals surface area contributed by atoms with Crippen molar-refractivity contribution in [3.63, 3.8) is 0 Å². The normalized spacial score (nSPS) is 16.1. The monoisotopic (exact) mass is 292 g/mol. The molecule has 21 heavy (non-hydrogen) atoms. The first kappa shape index (κ1) is 15.8. The summed E-state index contributed by atoms with van der Waals surface area (Å²) in [6.45, 7) is 2.39. The molecule has 5 heteroatoms. The van der Waals surface area contributed by atoms with E-state index in [1.807, 2.05) is 17.0 Å². The molecule has 0 bridgehead atoms. The first-order valence-corrected chi connectivity index (χ1v) is 7.58. The van der Waals surface area contributed by atoms with E-state index in [0.717, 1.165) is 30.5 Å². The molecule has 1 atom stereocenters. The zero-order valence-electron chi connectivity index (χ0n) is 12.5. The number of rotatable bonds is 6. The lowest BCUT2D eigenvalue weighted by molar-refractivity contribution is 0.140. The number of nitrogens with one attached hydrogen (secondary N) is 1. The quantitative estimate of drug-likeness (QED) is 0.754. The average Bonchev–Trinajstić information content (AvgIpc) is 2.41. The van der Waals surface area contributed by atoms with Crippen molar-refractivity contribution in [2.45, 2.75) is 44.8 Å². The van der Waals surface area contributed by atoms with Gasteiger partial charge >= 0.3 is 6.03 Å². The molecule has 1 saturated carbocycles. The van der Waals surface area contributed by atoms with E-state index >= 15 is 0 Å². The van der Waals surface area contributed by atoms with Crippen LogP contribution in [0.5, 0.6) is 0 Å². The summed E-state index contributed by atoms with van der Waals surface area (Å²) in [4.78, 5) is 14.2. The van der Waals surface area contributed by atoms with E-state index in [1.165, 1.54) is 0 Å². The van der Waals surface area contributed by atoms with Gasteiger partial charge in [0, 0.05) is 24.9 Å². The molecule has 1 aliphatic carbocycles. The molecule has 0 spiro atoms. The zero-order chi connectivity index (χ0) is 15.2. The van der Waals surface area contributed by atoms with Crippen molar-refractivity contribution >= 4 is 11.7 Å². The average molecular weight is 292 g/mol. The van der Waals surface area contributed by atoms with Gasteiger partial charge in [-0.05, 0) is 50.3 Å². The molecule has 2 rings (SSSR count). The lowest BCUT2D eigenvalue weighted by Crippen LogP contribution is -2.46. The molecular weight excluding hydrogens is 268 g/mol. The van der Waals surface area contributed by atoms with E-state index in [4.69, 9.17) is 5.11 Å². The fourth-order valence-electron chi connectivity index (χ4n) is 2.43. The molecule has 0 aliphatic heterocycles. The molecule has 1 aromatic carbocycles. The summed E-state index contributed by atoms with van der Waals surface area (Å²) in [5.74, 6) is 0. The molecule has 5 nitrogen and oxygen atoms in total. The fraction of sp³-hybridized carbons (Fsp3) is 0.562. The number of carbonyl (C=O) groups is 1. The maximum atomic E-state index is 12.4. The summed E-state index contributed by atoms with van der Waals surface area (Å²) in [5.41, 5.74) is 1.54. The molecular formula is C16H24N2O3. The second kappa shape index (κ2) is 7.43. The molecule has 0 radical (unpaired) electrons. The van der Waals surface area contributed by atoms with Gasteiger partial charge in [-0.15, -0.1) is 0 Å². The number of hydrogen-bond donors (Lipinski definition) is 3. The van der Waals surface area contributed by atoms with Crippen molar-refractivity contribution < 1.29 is 15.0 Å². The Kier molecular flexibility index (Phi) is 5.59. The van der Waals surface area contributed by atoms with Crippen molar-refractivity contribution in [3.05, 3.63) is 29.8 Å². The fourth-order valence-corrected chi connectivity index (χ4v) is 2.43. The largest absolute Gasteiger partial charge is 0.396 e. The minimum Gasteiger partial charge on any atom is -0.396 e. The third kappa shape index (κ3) is 4.19. The predicted molar refractivity (Wildman–Crippen MR) is 82.1 cm³/mol. The lowest BCUT2D eigenvalue weighted by Gasteiger charge is -2.37. The molecule has 1 fully saturated rings. The Hall–Kier alpha value is -1.59. The highest BCUT2D eigenvalue weighted by molar-refractivity contribution is 5.89. The van der Waals surface area contributed by atoms with Gasteiger partial charge in [-0.25, -0.2) is 4.79 Å². The highest BCUT2D eigenvalue weighted by atomic mass is 16.3. The van der Waals surface area contributed by atoms with Crippen LogP contribution in [0.1, 0.15) is 44.3 Å². The van der Waals surface area contributed by atoms with Crippen LogP contribution in [-0.4, -0.2) is 40.3 Å². The number of benzene rings is 1. The van der Waals surface area contributed by atoms with Crippen LogP contribution < -0.4 is 5.32 Å². The Bertz CT molecular complexity index is 455. The van der Waals surface area contributed by atoms with E-state index in [9.17, 15) is 9.90 Å². The Balaban J connectivity index is 1.96. The molecule has 116 valence electrons. The van der Waals surface area contributed by atoms with Gasteiger partial charge in [-0.1, -0.05) is 12.1 Å². The van der Waals surface area contributed by atoms with Crippen molar-refractivity contribution in [3.8, 4) is 0 Å². The van der Waals surface area contributed by atoms with Gasteiger partial charge in [0.15, 0.2) is 0 Å². The highest BCUT2D eigenvalue weighted by Gasteiger charge is 2.28. The van der Waals surface area contributed by atoms with Crippen LogP contribution >= 0.6 is 0 Å². The van der Waals surface area contributed by atoms with Gasteiger partial charge in [0.2, 0.25) is 0 Å². The number of anilines is 1. The number of carbonyl (C=O) groups excluding carboxylic acids is 1. The Morgan fingerprint density at radius 2 is 2.05 bits per heavy atom. The molecule has 3 N–H and O–H groups in total. The predicted octanol–water partition coefficient (Wildman–Crippen LogP) is 2.51. The van der Waals surface area contributed by atoms with Gasteiger partial charge in [0.05, 0.1) is 6.10 Å². The number of hydrogen-bond acceptors (Lipinski definition) is 3. The number of aliphatic hydroxyl groups is 2. The molecule has 1 unspecified atom stereocenters. The van der Waals surface area contributed by atoms with Crippen LogP contribution in [-0.2, 0) is 0 Å². The van der Waals surface area contributed by atoms with E-state index in [2.05, 4.69) is 5.32 Å². The summed E-state index contributed by atoms with van der Waals surface area (Å²) < 4.78 is 0. The van der Waals surface area contributed by atoms with Crippen LogP contribution in [0, 0.1) is 0 Å². The third-order valence-corrected chi connectivity index (χ3v) is 3.98. The van der Waals surface area contributed by atoms with E-state index in [-0.39, 0.29) is 12.6 Å². The summed E-state index contributed by atoms with van der Waals surface area (Å²) in [6, 6.07) is 7.39. The molecule has 0 heterocycles. The van der Waals surface area contributed by atoms with Gasteiger partial charge in [-0.2, -0.15) is 0 Å². The number of urea groups is 1. The van der Waals surface area contributed by atoms with Crippen molar-refractivity contribution in [1.82, 2.24) is 4.90 Å². The van der Waals surface area contributed by atoms with Crippen LogP contribution in [0.2, 0.25) is 0 Å². The summed E-state index contributed by atoms with van der Waals surface area (Å²) in [5, 5.41) is 21.3.